The Bertz CT molecular complexity index is 216. The molecule has 0 unspecified atom stereocenters. The summed E-state index contributed by atoms with van der Waals surface area (Å²) in [4.78, 5) is 13.6. The van der Waals surface area contributed by atoms with Gasteiger partial charge in [0.2, 0.25) is 0 Å². The summed E-state index contributed by atoms with van der Waals surface area (Å²) < 4.78 is 0. The molecule has 1 aliphatic rings. The molecule has 1 saturated carbocycles. The molecule has 1 fully saturated rings. The van der Waals surface area contributed by atoms with Gasteiger partial charge in [-0.3, -0.25) is 0 Å². The highest BCUT2D eigenvalue weighted by Crippen LogP contribution is 2.28. The molecule has 3 heteroatoms. The van der Waals surface area contributed by atoms with E-state index in [9.17, 15) is 4.79 Å². The average Bonchev–Trinajstić information content (AvgIpc) is 2.31. The van der Waals surface area contributed by atoms with E-state index in [1.54, 1.807) is 4.90 Å². The Morgan fingerprint density at radius 2 is 2.00 bits per heavy atom. The van der Waals surface area contributed by atoms with Crippen LogP contribution in [0.5, 0.6) is 0 Å². The molecular formula is C13H26N2O. The summed E-state index contributed by atoms with van der Waals surface area (Å²) in [6.07, 6.45) is 7.52. The van der Waals surface area contributed by atoms with Gasteiger partial charge in [0, 0.05) is 19.6 Å². The summed E-state index contributed by atoms with van der Waals surface area (Å²) in [7, 11) is 1.85. The predicted molar refractivity (Wildman–Crippen MR) is 67.5 cm³/mol. The third-order valence-corrected chi connectivity index (χ3v) is 3.70. The number of amides is 2. The van der Waals surface area contributed by atoms with Gasteiger partial charge in [-0.15, -0.1) is 0 Å². The molecule has 0 heterocycles. The van der Waals surface area contributed by atoms with Crippen LogP contribution in [-0.2, 0) is 0 Å². The maximum absolute atomic E-state index is 11.8. The third kappa shape index (κ3) is 3.69. The lowest BCUT2D eigenvalue weighted by molar-refractivity contribution is 0.188. The molecular weight excluding hydrogens is 200 g/mol. The fourth-order valence-electron chi connectivity index (χ4n) is 2.53. The lowest BCUT2D eigenvalue weighted by Crippen LogP contribution is -2.47. The van der Waals surface area contributed by atoms with Crippen molar-refractivity contribution in [1.82, 2.24) is 10.2 Å². The SMILES string of the molecule is CCC[C@H]1CCCC[C@H]1NC(=O)N(C)CC. The van der Waals surface area contributed by atoms with Crippen molar-refractivity contribution in [3.63, 3.8) is 0 Å². The molecule has 3 nitrogen and oxygen atoms in total. The van der Waals surface area contributed by atoms with E-state index in [0.717, 1.165) is 13.0 Å². The largest absolute Gasteiger partial charge is 0.335 e. The predicted octanol–water partition coefficient (Wildman–Crippen LogP) is 3.01. The van der Waals surface area contributed by atoms with Crippen molar-refractivity contribution in [2.45, 2.75) is 58.4 Å². The highest BCUT2D eigenvalue weighted by atomic mass is 16.2. The van der Waals surface area contributed by atoms with E-state index in [-0.39, 0.29) is 6.03 Å². The minimum atomic E-state index is 0.0931. The smallest absolute Gasteiger partial charge is 0.317 e. The number of hydrogen-bond donors (Lipinski definition) is 1. The van der Waals surface area contributed by atoms with E-state index in [2.05, 4.69) is 12.2 Å². The van der Waals surface area contributed by atoms with E-state index >= 15 is 0 Å². The van der Waals surface area contributed by atoms with Crippen LogP contribution in [0.4, 0.5) is 4.79 Å². The number of nitrogens with zero attached hydrogens (tertiary/aromatic N) is 1. The van der Waals surface area contributed by atoms with Crippen molar-refractivity contribution in [2.24, 2.45) is 5.92 Å². The number of carbonyl (C=O) groups excluding carboxylic acids is 1. The Morgan fingerprint density at radius 3 is 2.62 bits per heavy atom. The van der Waals surface area contributed by atoms with Crippen LogP contribution in [0.15, 0.2) is 0 Å². The maximum atomic E-state index is 11.8. The zero-order chi connectivity index (χ0) is 12.0. The Hall–Kier alpha value is -0.730. The van der Waals surface area contributed by atoms with Crippen molar-refractivity contribution in [2.75, 3.05) is 13.6 Å². The molecule has 0 radical (unpaired) electrons. The van der Waals surface area contributed by atoms with Crippen molar-refractivity contribution < 1.29 is 4.79 Å². The number of carbonyl (C=O) groups is 1. The molecule has 0 aliphatic heterocycles. The molecule has 0 aromatic carbocycles. The highest BCUT2D eigenvalue weighted by Gasteiger charge is 2.26. The Morgan fingerprint density at radius 1 is 1.31 bits per heavy atom. The van der Waals surface area contributed by atoms with E-state index in [1.165, 1.54) is 32.1 Å². The molecule has 94 valence electrons. The van der Waals surface area contributed by atoms with Crippen LogP contribution < -0.4 is 5.32 Å². The van der Waals surface area contributed by atoms with Gasteiger partial charge in [0.1, 0.15) is 0 Å². The second-order valence-electron chi connectivity index (χ2n) is 4.90. The normalized spacial score (nSPS) is 25.2. The molecule has 2 atom stereocenters. The van der Waals surface area contributed by atoms with Crippen LogP contribution >= 0.6 is 0 Å². The highest BCUT2D eigenvalue weighted by molar-refractivity contribution is 5.74. The van der Waals surface area contributed by atoms with E-state index in [4.69, 9.17) is 0 Å². The first-order valence-electron chi connectivity index (χ1n) is 6.70. The number of hydrogen-bond acceptors (Lipinski definition) is 1. The molecule has 0 spiro atoms. The first-order valence-corrected chi connectivity index (χ1v) is 6.70. The lowest BCUT2D eigenvalue weighted by atomic mass is 9.82. The fraction of sp³-hybridized carbons (Fsp3) is 0.923. The average molecular weight is 226 g/mol. The molecule has 0 saturated heterocycles. The summed E-state index contributed by atoms with van der Waals surface area (Å²) >= 11 is 0. The Labute approximate surface area is 99.6 Å². The van der Waals surface area contributed by atoms with Gasteiger partial charge in [0.05, 0.1) is 0 Å². The van der Waals surface area contributed by atoms with Crippen LogP contribution in [0.3, 0.4) is 0 Å². The van der Waals surface area contributed by atoms with Gasteiger partial charge in [-0.25, -0.2) is 4.79 Å². The summed E-state index contributed by atoms with van der Waals surface area (Å²) in [5.41, 5.74) is 0. The van der Waals surface area contributed by atoms with E-state index in [0.29, 0.717) is 12.0 Å². The van der Waals surface area contributed by atoms with Gasteiger partial charge >= 0.3 is 6.03 Å². The van der Waals surface area contributed by atoms with Crippen molar-refractivity contribution in [3.05, 3.63) is 0 Å². The standard InChI is InChI=1S/C13H26N2O/c1-4-8-11-9-6-7-10-12(11)14-13(16)15(3)5-2/h11-12H,4-10H2,1-3H3,(H,14,16)/t11-,12+/m0/s1. The molecule has 1 aliphatic carbocycles. The first kappa shape index (κ1) is 13.3. The summed E-state index contributed by atoms with van der Waals surface area (Å²) in [5.74, 6) is 0.702. The Kier molecular flexibility index (Phi) is 5.64. The van der Waals surface area contributed by atoms with Crippen molar-refractivity contribution >= 4 is 6.03 Å². The monoisotopic (exact) mass is 226 g/mol. The minimum Gasteiger partial charge on any atom is -0.335 e. The van der Waals surface area contributed by atoms with Crippen LogP contribution in [0.2, 0.25) is 0 Å². The van der Waals surface area contributed by atoms with Gasteiger partial charge in [-0.2, -0.15) is 0 Å². The molecule has 1 rings (SSSR count). The lowest BCUT2D eigenvalue weighted by Gasteiger charge is -2.33. The quantitative estimate of drug-likeness (QED) is 0.785. The molecule has 2 amide bonds. The van der Waals surface area contributed by atoms with Gasteiger partial charge in [0.15, 0.2) is 0 Å². The number of urea groups is 1. The molecule has 1 N–H and O–H groups in total. The molecule has 0 aromatic heterocycles. The third-order valence-electron chi connectivity index (χ3n) is 3.70. The maximum Gasteiger partial charge on any atom is 0.317 e. The zero-order valence-electron chi connectivity index (χ0n) is 11.0. The topological polar surface area (TPSA) is 32.3 Å². The first-order chi connectivity index (χ1) is 7.69. The summed E-state index contributed by atoms with van der Waals surface area (Å²) in [6.45, 7) is 5.01. The molecule has 16 heavy (non-hydrogen) atoms. The minimum absolute atomic E-state index is 0.0931. The van der Waals surface area contributed by atoms with Crippen molar-refractivity contribution in [1.29, 1.82) is 0 Å². The summed E-state index contributed by atoms with van der Waals surface area (Å²) in [5, 5.41) is 3.19. The molecule has 0 bridgehead atoms. The van der Waals surface area contributed by atoms with Gasteiger partial charge in [-0.1, -0.05) is 26.2 Å². The van der Waals surface area contributed by atoms with Crippen LogP contribution in [-0.4, -0.2) is 30.6 Å². The van der Waals surface area contributed by atoms with E-state index < -0.39 is 0 Å². The van der Waals surface area contributed by atoms with Crippen LogP contribution in [0, 0.1) is 5.92 Å². The number of nitrogens with one attached hydrogen (secondary N) is 1. The second-order valence-corrected chi connectivity index (χ2v) is 4.90. The van der Waals surface area contributed by atoms with E-state index in [1.807, 2.05) is 14.0 Å². The van der Waals surface area contributed by atoms with Gasteiger partial charge < -0.3 is 10.2 Å². The Balaban J connectivity index is 2.45. The fourth-order valence-corrected chi connectivity index (χ4v) is 2.53. The molecule has 0 aromatic rings. The van der Waals surface area contributed by atoms with Gasteiger partial charge in [0.25, 0.3) is 0 Å². The zero-order valence-corrected chi connectivity index (χ0v) is 11.0. The van der Waals surface area contributed by atoms with Gasteiger partial charge in [-0.05, 0) is 32.1 Å². The van der Waals surface area contributed by atoms with Crippen LogP contribution in [0.25, 0.3) is 0 Å². The second kappa shape index (κ2) is 6.77. The van der Waals surface area contributed by atoms with Crippen LogP contribution in [0.1, 0.15) is 52.4 Å². The summed E-state index contributed by atoms with van der Waals surface area (Å²) in [6, 6.07) is 0.505. The number of rotatable bonds is 4. The van der Waals surface area contributed by atoms with Crippen molar-refractivity contribution in [3.8, 4) is 0 Å².